The zero-order valence-corrected chi connectivity index (χ0v) is 10.0. The molecule has 0 aromatic carbocycles. The second kappa shape index (κ2) is 16.1. The van der Waals surface area contributed by atoms with Crippen molar-refractivity contribution < 1.29 is 0 Å². The quantitative estimate of drug-likeness (QED) is 0.446. The van der Waals surface area contributed by atoms with Crippen LogP contribution in [0.25, 0.3) is 0 Å². The van der Waals surface area contributed by atoms with E-state index in [2.05, 4.69) is 0 Å². The van der Waals surface area contributed by atoms with Crippen molar-refractivity contribution in [3.05, 3.63) is 0 Å². The van der Waals surface area contributed by atoms with Crippen molar-refractivity contribution in [2.45, 2.75) is 0 Å². The maximum atomic E-state index is 5.05. The normalized spacial score (nSPS) is 6.50. The molecule has 0 fully saturated rings. The second-order valence-corrected chi connectivity index (χ2v) is 1.13. The zero-order chi connectivity index (χ0) is 5.41. The molecule has 0 spiro atoms. The first-order chi connectivity index (χ1) is 2.91. The van der Waals surface area contributed by atoms with Gasteiger partial charge < -0.3 is 0 Å². The minimum absolute atomic E-state index is 0.535. The monoisotopic (exact) mass is 210 g/mol. The number of rotatable bonds is 1. The van der Waals surface area contributed by atoms with Gasteiger partial charge in [-0.05, 0) is 0 Å². The van der Waals surface area contributed by atoms with Gasteiger partial charge in [-0.1, -0.05) is 0 Å². The minimum atomic E-state index is 0.535. The van der Waals surface area contributed by atoms with Crippen LogP contribution in [0.5, 0.6) is 0 Å². The van der Waals surface area contributed by atoms with Gasteiger partial charge in [0.05, 0.1) is 0 Å². The van der Waals surface area contributed by atoms with Crippen LogP contribution >= 0.6 is 33.2 Å². The Bertz CT molecular complexity index is 10.8. The van der Waals surface area contributed by atoms with Gasteiger partial charge in [-0.15, -0.1) is 23.2 Å². The van der Waals surface area contributed by atoms with E-state index in [9.17, 15) is 0 Å². The molecule has 0 aliphatic carbocycles. The molecule has 0 aliphatic rings. The van der Waals surface area contributed by atoms with Gasteiger partial charge in [-0.25, -0.2) is 0 Å². The van der Waals surface area contributed by atoms with E-state index in [1.165, 1.54) is 0 Å². The zero-order valence-electron chi connectivity index (χ0n) is 3.55. The number of alkyl halides is 2. The molecule has 0 rings (SSSR count). The molecule has 0 aromatic rings. The molecule has 0 N–H and O–H groups in total. The van der Waals surface area contributed by atoms with E-state index in [-0.39, 0.29) is 0 Å². The number of halogens is 3. The summed E-state index contributed by atoms with van der Waals surface area (Å²) in [5.74, 6) is 1.11. The summed E-state index contributed by atoms with van der Waals surface area (Å²) in [5.41, 5.74) is 0. The Morgan fingerprint density at radius 1 is 1.00 bits per heavy atom. The van der Waals surface area contributed by atoms with E-state index < -0.39 is 0 Å². The Kier molecular flexibility index (Phi) is 28.0. The number of hydrogen-bond acceptors (Lipinski definition) is 0. The maximum absolute atomic E-state index is 5.05. The summed E-state index contributed by atoms with van der Waals surface area (Å²) < 4.78 is 0. The average molecular weight is 210 g/mol. The molecule has 40 valence electrons. The second-order valence-electron chi connectivity index (χ2n) is 0.378. The molecule has 0 aromatic heterocycles. The van der Waals surface area contributed by atoms with Crippen LogP contribution in [0.15, 0.2) is 0 Å². The molecule has 0 bridgehead atoms. The topological polar surface area (TPSA) is 0 Å². The van der Waals surface area contributed by atoms with E-state index in [0.29, 0.717) is 27.3 Å². The molecule has 0 heterocycles. The first kappa shape index (κ1) is 10.4. The Morgan fingerprint density at radius 2 is 1.17 bits per heavy atom. The summed E-state index contributed by atoms with van der Waals surface area (Å²) in [6.45, 7) is 0. The summed E-state index contributed by atoms with van der Waals surface area (Å²) in [7, 11) is 4.83. The fraction of sp³-hybridized carbons (Fsp3) is 1.00. The van der Waals surface area contributed by atoms with E-state index in [1.807, 2.05) is 0 Å². The van der Waals surface area contributed by atoms with Gasteiger partial charge in [-0.3, -0.25) is 0 Å². The van der Waals surface area contributed by atoms with E-state index >= 15 is 0 Å². The average Bonchev–Trinajstić information content (AvgIpc) is 1.72. The van der Waals surface area contributed by atoms with Crippen molar-refractivity contribution in [1.82, 2.24) is 0 Å². The van der Waals surface area contributed by atoms with Gasteiger partial charge in [0.1, 0.15) is 0 Å². The summed E-state index contributed by atoms with van der Waals surface area (Å²) in [5, 5.41) is 0. The third kappa shape index (κ3) is 18.1. The van der Waals surface area contributed by atoms with Crippen LogP contribution in [0.1, 0.15) is 0 Å². The van der Waals surface area contributed by atoms with Crippen molar-refractivity contribution in [1.29, 1.82) is 0 Å². The molecule has 0 radical (unpaired) electrons. The van der Waals surface area contributed by atoms with Crippen LogP contribution < -0.4 is 0 Å². The Balaban J connectivity index is 0. The van der Waals surface area contributed by atoms with E-state index in [4.69, 9.17) is 33.2 Å². The summed E-state index contributed by atoms with van der Waals surface area (Å²) in [4.78, 5) is 0. The molecular formula is C2H7Cl3Ge. The van der Waals surface area contributed by atoms with Crippen LogP contribution in [-0.4, -0.2) is 27.3 Å². The molecular weight excluding hydrogens is 203 g/mol. The summed E-state index contributed by atoms with van der Waals surface area (Å²) >= 11 is 10.6. The molecule has 0 unspecified atom stereocenters. The predicted octanol–water partition coefficient (Wildman–Crippen LogP) is 0.970. The molecule has 4 heteroatoms. The Labute approximate surface area is 60.6 Å². The first-order valence-corrected chi connectivity index (χ1v) is 8.00. The van der Waals surface area contributed by atoms with Crippen LogP contribution in [0.3, 0.4) is 0 Å². The van der Waals surface area contributed by atoms with Crippen LogP contribution in [0.4, 0.5) is 0 Å². The predicted molar refractivity (Wildman–Crippen MR) is 37.2 cm³/mol. The van der Waals surface area contributed by atoms with Crippen molar-refractivity contribution >= 4 is 48.8 Å². The van der Waals surface area contributed by atoms with E-state index in [0.717, 1.165) is 0 Å². The molecule has 0 saturated carbocycles. The summed E-state index contributed by atoms with van der Waals surface area (Å²) in [6.07, 6.45) is 0. The van der Waals surface area contributed by atoms with Gasteiger partial charge >= 0.3 is 25.6 Å². The fourth-order valence-electron chi connectivity index (χ4n) is 0. The van der Waals surface area contributed by atoms with Crippen molar-refractivity contribution in [2.75, 3.05) is 11.8 Å². The van der Waals surface area contributed by atoms with Gasteiger partial charge in [-0.2, -0.15) is 0 Å². The van der Waals surface area contributed by atoms with Crippen molar-refractivity contribution in [3.63, 3.8) is 0 Å². The van der Waals surface area contributed by atoms with Gasteiger partial charge in [0, 0.05) is 11.8 Å². The third-order valence-electron chi connectivity index (χ3n) is 0.0714. The molecule has 6 heavy (non-hydrogen) atoms. The van der Waals surface area contributed by atoms with Gasteiger partial charge in [0.2, 0.25) is 0 Å². The van der Waals surface area contributed by atoms with Crippen molar-refractivity contribution in [3.8, 4) is 0 Å². The third-order valence-corrected chi connectivity index (χ3v) is 0.643. The van der Waals surface area contributed by atoms with Crippen LogP contribution in [0, 0.1) is 0 Å². The molecule has 0 amide bonds. The Hall–Kier alpha value is 1.41. The van der Waals surface area contributed by atoms with E-state index in [1.54, 1.807) is 0 Å². The molecule has 0 nitrogen and oxygen atoms in total. The van der Waals surface area contributed by atoms with Crippen LogP contribution in [-0.2, 0) is 0 Å². The first-order valence-electron chi connectivity index (χ1n) is 1.41. The standard InChI is InChI=1S/C2H4Cl2.ClGeH3/c3-1-2-4;1-2/h1-2H2;2H3. The Morgan fingerprint density at radius 3 is 1.17 bits per heavy atom. The molecule has 0 saturated heterocycles. The van der Waals surface area contributed by atoms with Crippen LogP contribution in [0.2, 0.25) is 0 Å². The van der Waals surface area contributed by atoms with Crippen molar-refractivity contribution in [2.24, 2.45) is 0 Å². The van der Waals surface area contributed by atoms with Gasteiger partial charge in [0.15, 0.2) is 0 Å². The van der Waals surface area contributed by atoms with Gasteiger partial charge in [0.25, 0.3) is 0 Å². The molecule has 0 aliphatic heterocycles. The fourth-order valence-corrected chi connectivity index (χ4v) is 0. The number of hydrogen-bond donors (Lipinski definition) is 0. The molecule has 0 atom stereocenters. The SMILES string of the molecule is ClCCCl.[Cl][GeH3]. The summed E-state index contributed by atoms with van der Waals surface area (Å²) in [6, 6.07) is 0.